The maximum atomic E-state index is 13.5. The summed E-state index contributed by atoms with van der Waals surface area (Å²) in [6.07, 6.45) is 1.71. The Morgan fingerprint density at radius 2 is 1.85 bits per heavy atom. The van der Waals surface area contributed by atoms with Gasteiger partial charge in [-0.2, -0.15) is 0 Å². The second-order valence-electron chi connectivity index (χ2n) is 6.91. The maximum Gasteiger partial charge on any atom is 0.270 e. The topological polar surface area (TPSA) is 38.8 Å². The Balaban J connectivity index is 1.55. The van der Waals surface area contributed by atoms with Crippen molar-refractivity contribution in [1.29, 1.82) is 0 Å². The van der Waals surface area contributed by atoms with Gasteiger partial charge in [0.25, 0.3) is 5.91 Å². The molecule has 0 aliphatic carbocycles. The smallest absolute Gasteiger partial charge is 0.270 e. The SMILES string of the molecule is COc1cc(/C=C2/SC(=S)N(c3ccc(F)c(Cl)c3)C2=O)ccc1OCc1ccccc1Cl. The summed E-state index contributed by atoms with van der Waals surface area (Å²) in [7, 11) is 1.54. The van der Waals surface area contributed by atoms with Crippen LogP contribution in [0.5, 0.6) is 11.5 Å². The van der Waals surface area contributed by atoms with Crippen LogP contribution in [0, 0.1) is 5.82 Å². The largest absolute Gasteiger partial charge is 0.493 e. The number of nitrogens with zero attached hydrogens (tertiary/aromatic N) is 1. The highest BCUT2D eigenvalue weighted by molar-refractivity contribution is 8.27. The lowest BCUT2D eigenvalue weighted by Gasteiger charge is -2.14. The molecule has 9 heteroatoms. The number of ether oxygens (including phenoxy) is 2. The standard InChI is InChI=1S/C24H16Cl2FNO3S2/c1-30-21-10-14(6-9-20(21)31-13-15-4-2-3-5-17(15)25)11-22-23(29)28(24(32)33-22)16-7-8-19(27)18(26)12-16/h2-12H,13H2,1H3/b22-11+. The van der Waals surface area contributed by atoms with E-state index >= 15 is 0 Å². The molecule has 0 unspecified atom stereocenters. The number of amides is 1. The Bertz CT molecular complexity index is 1280. The summed E-state index contributed by atoms with van der Waals surface area (Å²) in [6.45, 7) is 0.286. The summed E-state index contributed by atoms with van der Waals surface area (Å²) in [5.74, 6) is 0.177. The van der Waals surface area contributed by atoms with Crippen LogP contribution >= 0.6 is 47.2 Å². The molecule has 33 heavy (non-hydrogen) atoms. The molecule has 0 radical (unpaired) electrons. The molecular formula is C24H16Cl2FNO3S2. The number of halogens is 3. The summed E-state index contributed by atoms with van der Waals surface area (Å²) < 4.78 is 25.2. The summed E-state index contributed by atoms with van der Waals surface area (Å²) in [4.78, 5) is 14.7. The van der Waals surface area contributed by atoms with E-state index in [1.165, 1.54) is 23.1 Å². The van der Waals surface area contributed by atoms with Crippen molar-refractivity contribution in [2.45, 2.75) is 6.61 Å². The Morgan fingerprint density at radius 1 is 1.06 bits per heavy atom. The second kappa shape index (κ2) is 10.1. The number of thiocarbonyl (C=S) groups is 1. The zero-order chi connectivity index (χ0) is 23.5. The van der Waals surface area contributed by atoms with Gasteiger partial charge in [-0.15, -0.1) is 0 Å². The van der Waals surface area contributed by atoms with Crippen molar-refractivity contribution in [2.24, 2.45) is 0 Å². The minimum absolute atomic E-state index is 0.0809. The average Bonchev–Trinajstić information content (AvgIpc) is 3.08. The van der Waals surface area contributed by atoms with E-state index < -0.39 is 5.82 Å². The Morgan fingerprint density at radius 3 is 2.58 bits per heavy atom. The summed E-state index contributed by atoms with van der Waals surface area (Å²) in [6, 6.07) is 16.8. The molecule has 3 aromatic carbocycles. The van der Waals surface area contributed by atoms with E-state index in [0.29, 0.717) is 31.4 Å². The highest BCUT2D eigenvalue weighted by atomic mass is 35.5. The molecule has 1 amide bonds. The minimum Gasteiger partial charge on any atom is -0.493 e. The first-order valence-electron chi connectivity index (χ1n) is 9.64. The number of anilines is 1. The van der Waals surface area contributed by atoms with Gasteiger partial charge < -0.3 is 9.47 Å². The summed E-state index contributed by atoms with van der Waals surface area (Å²) in [5.41, 5.74) is 2.00. The number of carbonyl (C=O) groups is 1. The Kier molecular flexibility index (Phi) is 7.24. The molecule has 0 spiro atoms. The van der Waals surface area contributed by atoms with Gasteiger partial charge >= 0.3 is 0 Å². The third-order valence-corrected chi connectivity index (χ3v) is 6.74. The van der Waals surface area contributed by atoms with Crippen molar-refractivity contribution in [3.8, 4) is 11.5 Å². The average molecular weight is 520 g/mol. The summed E-state index contributed by atoms with van der Waals surface area (Å²) in [5, 5.41) is 0.542. The van der Waals surface area contributed by atoms with Gasteiger partial charge in [-0.1, -0.05) is 71.4 Å². The molecule has 4 nitrogen and oxygen atoms in total. The molecule has 1 fully saturated rings. The minimum atomic E-state index is -0.565. The normalized spacial score (nSPS) is 14.8. The van der Waals surface area contributed by atoms with Gasteiger partial charge in [-0.05, 0) is 48.0 Å². The lowest BCUT2D eigenvalue weighted by atomic mass is 10.1. The van der Waals surface area contributed by atoms with Crippen molar-refractivity contribution < 1.29 is 18.7 Å². The molecule has 1 saturated heterocycles. The van der Waals surface area contributed by atoms with E-state index in [4.69, 9.17) is 44.9 Å². The van der Waals surface area contributed by atoms with Gasteiger partial charge in [0.1, 0.15) is 12.4 Å². The van der Waals surface area contributed by atoms with Crippen LogP contribution in [-0.2, 0) is 11.4 Å². The first-order chi connectivity index (χ1) is 15.9. The third-order valence-electron chi connectivity index (χ3n) is 4.78. The van der Waals surface area contributed by atoms with E-state index in [1.54, 1.807) is 31.4 Å². The summed E-state index contributed by atoms with van der Waals surface area (Å²) >= 11 is 18.6. The van der Waals surface area contributed by atoms with Crippen LogP contribution in [0.3, 0.4) is 0 Å². The van der Waals surface area contributed by atoms with E-state index in [9.17, 15) is 9.18 Å². The first-order valence-corrected chi connectivity index (χ1v) is 11.6. The molecule has 4 rings (SSSR count). The highest BCUT2D eigenvalue weighted by Gasteiger charge is 2.33. The van der Waals surface area contributed by atoms with Crippen LogP contribution in [0.1, 0.15) is 11.1 Å². The molecule has 1 heterocycles. The lowest BCUT2D eigenvalue weighted by molar-refractivity contribution is -0.113. The van der Waals surface area contributed by atoms with Gasteiger partial charge in [0.05, 0.1) is 22.7 Å². The number of rotatable bonds is 6. The molecule has 1 aliphatic rings. The Hall–Kier alpha value is -2.58. The lowest BCUT2D eigenvalue weighted by Crippen LogP contribution is -2.27. The monoisotopic (exact) mass is 519 g/mol. The van der Waals surface area contributed by atoms with E-state index in [2.05, 4.69) is 0 Å². The quantitative estimate of drug-likeness (QED) is 0.256. The molecule has 0 N–H and O–H groups in total. The molecule has 1 aliphatic heterocycles. The van der Waals surface area contributed by atoms with Crippen molar-refractivity contribution in [3.63, 3.8) is 0 Å². The number of hydrogen-bond acceptors (Lipinski definition) is 5. The van der Waals surface area contributed by atoms with Crippen molar-refractivity contribution in [1.82, 2.24) is 0 Å². The third kappa shape index (κ3) is 5.17. The van der Waals surface area contributed by atoms with Crippen LogP contribution in [0.4, 0.5) is 10.1 Å². The van der Waals surface area contributed by atoms with Gasteiger partial charge in [-0.3, -0.25) is 9.69 Å². The highest BCUT2D eigenvalue weighted by Crippen LogP contribution is 2.38. The second-order valence-corrected chi connectivity index (χ2v) is 9.40. The van der Waals surface area contributed by atoms with Crippen LogP contribution in [0.2, 0.25) is 10.0 Å². The fourth-order valence-electron chi connectivity index (χ4n) is 3.13. The molecule has 0 saturated carbocycles. The fraction of sp³-hybridized carbons (Fsp3) is 0.0833. The molecule has 0 atom stereocenters. The molecule has 0 bridgehead atoms. The van der Waals surface area contributed by atoms with Gasteiger partial charge in [0.2, 0.25) is 0 Å². The van der Waals surface area contributed by atoms with Crippen molar-refractivity contribution in [2.75, 3.05) is 12.0 Å². The van der Waals surface area contributed by atoms with E-state index in [1.807, 2.05) is 24.3 Å². The van der Waals surface area contributed by atoms with E-state index in [-0.39, 0.29) is 17.5 Å². The zero-order valence-corrected chi connectivity index (χ0v) is 20.3. The molecule has 3 aromatic rings. The van der Waals surface area contributed by atoms with Crippen molar-refractivity contribution >= 4 is 69.2 Å². The van der Waals surface area contributed by atoms with E-state index in [0.717, 1.165) is 22.9 Å². The van der Waals surface area contributed by atoms with Gasteiger partial charge in [-0.25, -0.2) is 4.39 Å². The first kappa shape index (κ1) is 23.6. The van der Waals surface area contributed by atoms with Crippen LogP contribution in [-0.4, -0.2) is 17.3 Å². The predicted molar refractivity (Wildman–Crippen MR) is 136 cm³/mol. The zero-order valence-electron chi connectivity index (χ0n) is 17.2. The van der Waals surface area contributed by atoms with Crippen LogP contribution < -0.4 is 14.4 Å². The van der Waals surface area contributed by atoms with Crippen LogP contribution in [0.25, 0.3) is 6.08 Å². The number of hydrogen-bond donors (Lipinski definition) is 0. The molecule has 168 valence electrons. The molecular weight excluding hydrogens is 504 g/mol. The van der Waals surface area contributed by atoms with Crippen molar-refractivity contribution in [3.05, 3.63) is 92.6 Å². The Labute approximate surface area is 209 Å². The van der Waals surface area contributed by atoms with Gasteiger partial charge in [0.15, 0.2) is 15.8 Å². The number of carbonyl (C=O) groups excluding carboxylic acids is 1. The maximum absolute atomic E-state index is 13.5. The number of thioether (sulfide) groups is 1. The number of methoxy groups -OCH3 is 1. The predicted octanol–water partition coefficient (Wildman–Crippen LogP) is 7.13. The fourth-order valence-corrected chi connectivity index (χ4v) is 4.79. The molecule has 0 aromatic heterocycles. The van der Waals surface area contributed by atoms with Gasteiger partial charge in [0, 0.05) is 10.6 Å². The van der Waals surface area contributed by atoms with Crippen LogP contribution in [0.15, 0.2) is 65.6 Å². The number of benzene rings is 3.